The highest BCUT2D eigenvalue weighted by atomic mass is 79.9. The number of aromatic nitrogens is 1. The fourth-order valence-corrected chi connectivity index (χ4v) is 1.52. The molecule has 1 rings (SSSR count). The lowest BCUT2D eigenvalue weighted by Gasteiger charge is -2.16. The van der Waals surface area contributed by atoms with Crippen molar-refractivity contribution >= 4 is 27.8 Å². The summed E-state index contributed by atoms with van der Waals surface area (Å²) in [7, 11) is 0. The molecule has 0 aliphatic rings. The van der Waals surface area contributed by atoms with Gasteiger partial charge < -0.3 is 15.5 Å². The van der Waals surface area contributed by atoms with Crippen molar-refractivity contribution in [1.29, 1.82) is 0 Å². The number of aliphatic hydroxyl groups excluding tert-OH is 1. The van der Waals surface area contributed by atoms with E-state index in [0.717, 1.165) is 0 Å². The molecular formula is C10H11BrN2O4. The molecule has 0 saturated heterocycles. The molecule has 1 aromatic rings. The van der Waals surface area contributed by atoms with Crippen LogP contribution >= 0.6 is 15.9 Å². The van der Waals surface area contributed by atoms with Crippen LogP contribution in [0.4, 0.5) is 0 Å². The summed E-state index contributed by atoms with van der Waals surface area (Å²) in [6.07, 6.45) is 0.235. The average Bonchev–Trinajstić information content (AvgIpc) is 2.24. The maximum Gasteiger partial charge on any atom is 0.328 e. The van der Waals surface area contributed by atoms with E-state index in [0.29, 0.717) is 4.60 Å². The quantitative estimate of drug-likeness (QED) is 0.700. The van der Waals surface area contributed by atoms with Crippen LogP contribution in [0.15, 0.2) is 22.9 Å². The highest BCUT2D eigenvalue weighted by molar-refractivity contribution is 9.10. The Morgan fingerprint density at radius 1 is 1.53 bits per heavy atom. The first-order valence-electron chi connectivity index (χ1n) is 4.75. The van der Waals surface area contributed by atoms with Crippen molar-refractivity contribution in [3.63, 3.8) is 0 Å². The molecule has 7 heteroatoms. The Morgan fingerprint density at radius 3 is 2.65 bits per heavy atom. The van der Waals surface area contributed by atoms with E-state index >= 15 is 0 Å². The molecule has 0 radical (unpaired) electrons. The van der Waals surface area contributed by atoms with Gasteiger partial charge >= 0.3 is 5.97 Å². The number of amides is 1. The second kappa shape index (κ2) is 5.74. The molecule has 0 spiro atoms. The number of carbonyl (C=O) groups is 2. The number of carboxylic acid groups (broad SMARTS) is 1. The first-order chi connectivity index (χ1) is 7.91. The predicted molar refractivity (Wildman–Crippen MR) is 62.5 cm³/mol. The number of halogens is 1. The van der Waals surface area contributed by atoms with Crippen LogP contribution in [0, 0.1) is 0 Å². The number of hydrogen-bond acceptors (Lipinski definition) is 4. The third-order valence-electron chi connectivity index (χ3n) is 2.02. The Kier molecular flexibility index (Phi) is 4.59. The second-order valence-electron chi connectivity index (χ2n) is 3.40. The number of aliphatic hydroxyl groups is 1. The number of rotatable bonds is 4. The van der Waals surface area contributed by atoms with Gasteiger partial charge in [-0.05, 0) is 35.0 Å². The molecule has 17 heavy (non-hydrogen) atoms. The normalized spacial score (nSPS) is 13.8. The van der Waals surface area contributed by atoms with Gasteiger partial charge in [0.05, 0.1) is 6.10 Å². The minimum atomic E-state index is -1.34. The lowest BCUT2D eigenvalue weighted by atomic mass is 10.1. The Hall–Kier alpha value is -1.47. The molecule has 2 atom stereocenters. The van der Waals surface area contributed by atoms with Crippen molar-refractivity contribution in [3.8, 4) is 0 Å². The van der Waals surface area contributed by atoms with Gasteiger partial charge in [-0.3, -0.25) is 4.79 Å². The molecule has 1 heterocycles. The van der Waals surface area contributed by atoms with Crippen molar-refractivity contribution < 1.29 is 19.8 Å². The lowest BCUT2D eigenvalue weighted by Crippen LogP contribution is -2.47. The van der Waals surface area contributed by atoms with Gasteiger partial charge in [0.15, 0.2) is 6.04 Å². The summed E-state index contributed by atoms with van der Waals surface area (Å²) in [5.74, 6) is -1.87. The van der Waals surface area contributed by atoms with Crippen LogP contribution in [-0.4, -0.2) is 39.2 Å². The van der Waals surface area contributed by atoms with Crippen LogP contribution in [0.3, 0.4) is 0 Å². The zero-order valence-electron chi connectivity index (χ0n) is 8.92. The standard InChI is InChI=1S/C10H11BrN2O4/c1-5(14)8(10(16)17)13-9(15)6-2-3-12-7(11)4-6/h2-5,8,14H,1H3,(H,13,15)(H,16,17)/t5-,8+/m1/s1. The van der Waals surface area contributed by atoms with Gasteiger partial charge in [0.1, 0.15) is 4.60 Å². The number of nitrogens with zero attached hydrogens (tertiary/aromatic N) is 1. The maximum atomic E-state index is 11.7. The molecule has 0 saturated carbocycles. The lowest BCUT2D eigenvalue weighted by molar-refractivity contribution is -0.141. The summed E-state index contributed by atoms with van der Waals surface area (Å²) in [5, 5.41) is 20.2. The van der Waals surface area contributed by atoms with Crippen LogP contribution in [0.25, 0.3) is 0 Å². The topological polar surface area (TPSA) is 99.5 Å². The number of nitrogens with one attached hydrogen (secondary N) is 1. The monoisotopic (exact) mass is 302 g/mol. The van der Waals surface area contributed by atoms with Crippen LogP contribution in [0.5, 0.6) is 0 Å². The molecular weight excluding hydrogens is 292 g/mol. The summed E-state index contributed by atoms with van der Waals surface area (Å²) in [4.78, 5) is 26.3. The maximum absolute atomic E-state index is 11.7. The highest BCUT2D eigenvalue weighted by Crippen LogP contribution is 2.08. The Labute approximate surface area is 106 Å². The molecule has 3 N–H and O–H groups in total. The number of pyridine rings is 1. The molecule has 0 aliphatic heterocycles. The third kappa shape index (κ3) is 3.79. The van der Waals surface area contributed by atoms with E-state index in [9.17, 15) is 14.7 Å². The van der Waals surface area contributed by atoms with Gasteiger partial charge in [-0.2, -0.15) is 0 Å². The van der Waals surface area contributed by atoms with Crippen LogP contribution in [-0.2, 0) is 4.79 Å². The minimum Gasteiger partial charge on any atom is -0.480 e. The Balaban J connectivity index is 2.81. The van der Waals surface area contributed by atoms with E-state index in [2.05, 4.69) is 26.2 Å². The van der Waals surface area contributed by atoms with Gasteiger partial charge in [0.2, 0.25) is 0 Å². The molecule has 0 aliphatic carbocycles. The van der Waals surface area contributed by atoms with Crippen LogP contribution < -0.4 is 5.32 Å². The van der Waals surface area contributed by atoms with E-state index in [1.807, 2.05) is 0 Å². The van der Waals surface area contributed by atoms with Crippen molar-refractivity contribution in [2.75, 3.05) is 0 Å². The summed E-state index contributed by atoms with van der Waals surface area (Å²) in [6, 6.07) is 1.56. The van der Waals surface area contributed by atoms with Crippen molar-refractivity contribution in [2.45, 2.75) is 19.1 Å². The minimum absolute atomic E-state index is 0.263. The molecule has 1 aromatic heterocycles. The van der Waals surface area contributed by atoms with E-state index in [1.165, 1.54) is 25.3 Å². The second-order valence-corrected chi connectivity index (χ2v) is 4.21. The predicted octanol–water partition coefficient (Wildman–Crippen LogP) is 0.408. The number of aliphatic carboxylic acids is 1. The van der Waals surface area contributed by atoms with Crippen molar-refractivity contribution in [3.05, 3.63) is 28.5 Å². The Morgan fingerprint density at radius 2 is 2.18 bits per heavy atom. The summed E-state index contributed by atoms with van der Waals surface area (Å²) in [5.41, 5.74) is 0.263. The first-order valence-corrected chi connectivity index (χ1v) is 5.54. The average molecular weight is 303 g/mol. The number of carbonyl (C=O) groups excluding carboxylic acids is 1. The molecule has 0 unspecified atom stereocenters. The van der Waals surface area contributed by atoms with E-state index in [-0.39, 0.29) is 5.56 Å². The Bertz CT molecular complexity index is 436. The first kappa shape index (κ1) is 13.6. The molecule has 0 bridgehead atoms. The number of hydrogen-bond donors (Lipinski definition) is 3. The van der Waals surface area contributed by atoms with E-state index < -0.39 is 24.0 Å². The largest absolute Gasteiger partial charge is 0.480 e. The summed E-state index contributed by atoms with van der Waals surface area (Å²) < 4.78 is 0.467. The number of carboxylic acids is 1. The zero-order valence-corrected chi connectivity index (χ0v) is 10.5. The van der Waals surface area contributed by atoms with Gasteiger partial charge in [0.25, 0.3) is 5.91 Å². The molecule has 1 amide bonds. The fraction of sp³-hybridized carbons (Fsp3) is 0.300. The zero-order chi connectivity index (χ0) is 13.0. The van der Waals surface area contributed by atoms with E-state index in [4.69, 9.17) is 5.11 Å². The summed E-state index contributed by atoms with van der Waals surface area (Å²) >= 11 is 3.10. The molecule has 6 nitrogen and oxygen atoms in total. The highest BCUT2D eigenvalue weighted by Gasteiger charge is 2.25. The summed E-state index contributed by atoms with van der Waals surface area (Å²) in [6.45, 7) is 1.29. The van der Waals surface area contributed by atoms with Crippen molar-refractivity contribution in [2.24, 2.45) is 0 Å². The SMILES string of the molecule is C[C@@H](O)[C@H](NC(=O)c1ccnc(Br)c1)C(=O)O. The van der Waals surface area contributed by atoms with Gasteiger partial charge in [-0.15, -0.1) is 0 Å². The molecule has 0 aromatic carbocycles. The fourth-order valence-electron chi connectivity index (χ4n) is 1.16. The van der Waals surface area contributed by atoms with Crippen LogP contribution in [0.2, 0.25) is 0 Å². The van der Waals surface area contributed by atoms with Gasteiger partial charge in [0, 0.05) is 11.8 Å². The molecule has 92 valence electrons. The van der Waals surface area contributed by atoms with Gasteiger partial charge in [-0.1, -0.05) is 0 Å². The van der Waals surface area contributed by atoms with Crippen LogP contribution in [0.1, 0.15) is 17.3 Å². The smallest absolute Gasteiger partial charge is 0.328 e. The van der Waals surface area contributed by atoms with E-state index in [1.54, 1.807) is 0 Å². The van der Waals surface area contributed by atoms with Gasteiger partial charge in [-0.25, -0.2) is 9.78 Å². The van der Waals surface area contributed by atoms with Crippen molar-refractivity contribution in [1.82, 2.24) is 10.3 Å². The molecule has 0 fully saturated rings. The third-order valence-corrected chi connectivity index (χ3v) is 2.46.